The van der Waals surface area contributed by atoms with Gasteiger partial charge in [-0.2, -0.15) is 0 Å². The molecule has 12 nitrogen and oxygen atoms in total. The molecule has 1 aliphatic rings. The highest BCUT2D eigenvalue weighted by atomic mass is 16.5. The fourth-order valence-electron chi connectivity index (χ4n) is 5.08. The quantitative estimate of drug-likeness (QED) is 0.140. The number of phenols is 8. The van der Waals surface area contributed by atoms with Gasteiger partial charge < -0.3 is 50.0 Å². The van der Waals surface area contributed by atoms with Crippen LogP contribution in [0, 0.1) is 0 Å². The molecule has 12 heteroatoms. The Balaban J connectivity index is 1.54. The average molecular weight is 572 g/mol. The van der Waals surface area contributed by atoms with Crippen molar-refractivity contribution in [2.45, 2.75) is 12.5 Å². The van der Waals surface area contributed by atoms with E-state index in [0.29, 0.717) is 0 Å². The van der Waals surface area contributed by atoms with Gasteiger partial charge in [-0.15, -0.1) is 0 Å². The van der Waals surface area contributed by atoms with Crippen LogP contribution >= 0.6 is 0 Å². The van der Waals surface area contributed by atoms with E-state index < -0.39 is 68.5 Å². The molecule has 0 amide bonds. The lowest BCUT2D eigenvalue weighted by Gasteiger charge is -2.28. The largest absolute Gasteiger partial charge is 0.508 e. The molecule has 0 saturated heterocycles. The van der Waals surface area contributed by atoms with Gasteiger partial charge in [0.2, 0.25) is 0 Å². The van der Waals surface area contributed by atoms with Gasteiger partial charge in [-0.05, 0) is 24.3 Å². The van der Waals surface area contributed by atoms with E-state index in [1.54, 1.807) is 0 Å². The van der Waals surface area contributed by atoms with E-state index in [0.717, 1.165) is 36.4 Å². The van der Waals surface area contributed by atoms with Gasteiger partial charge in [0.1, 0.15) is 57.1 Å². The number of ether oxygens (including phenoxy) is 1. The van der Waals surface area contributed by atoms with Gasteiger partial charge in [-0.1, -0.05) is 6.07 Å². The Morgan fingerprint density at radius 1 is 0.643 bits per heavy atom. The average Bonchev–Trinajstić information content (AvgIpc) is 2.91. The number of benzene rings is 4. The monoisotopic (exact) mass is 572 g/mol. The maximum Gasteiger partial charge on any atom is 0.197 e. The number of hydrogen-bond acceptors (Lipinski definition) is 12. The number of carbonyl (C=O) groups is 1. The highest BCUT2D eigenvalue weighted by molar-refractivity contribution is 6.03. The molecule has 4 aromatic carbocycles. The van der Waals surface area contributed by atoms with Crippen molar-refractivity contribution in [3.63, 3.8) is 0 Å². The van der Waals surface area contributed by atoms with Crippen molar-refractivity contribution in [1.82, 2.24) is 0 Å². The molecule has 212 valence electrons. The zero-order valence-electron chi connectivity index (χ0n) is 21.2. The molecule has 1 atom stereocenters. The second-order valence-electron chi connectivity index (χ2n) is 9.64. The molecule has 0 spiro atoms. The van der Waals surface area contributed by atoms with Crippen LogP contribution in [0.15, 0.2) is 63.8 Å². The minimum Gasteiger partial charge on any atom is -0.508 e. The molecular weight excluding hydrogens is 552 g/mol. The summed E-state index contributed by atoms with van der Waals surface area (Å²) in [6.07, 6.45) is -1.56. The van der Waals surface area contributed by atoms with Crippen molar-refractivity contribution >= 4 is 16.8 Å². The van der Waals surface area contributed by atoms with Crippen molar-refractivity contribution in [2.24, 2.45) is 0 Å². The van der Waals surface area contributed by atoms with E-state index in [2.05, 4.69) is 0 Å². The van der Waals surface area contributed by atoms with Crippen LogP contribution in [0.2, 0.25) is 0 Å². The van der Waals surface area contributed by atoms with Gasteiger partial charge in [0.05, 0.1) is 12.0 Å². The number of carbonyl (C=O) groups excluding carboxylic acids is 1. The number of phenolic OH excluding ortho intramolecular Hbond substituents is 8. The summed E-state index contributed by atoms with van der Waals surface area (Å²) in [5, 5.41) is 82.5. The molecule has 0 radical (unpaired) electrons. The second-order valence-corrected chi connectivity index (χ2v) is 9.64. The molecule has 0 saturated carbocycles. The first kappa shape index (κ1) is 26.2. The molecule has 42 heavy (non-hydrogen) atoms. The summed E-state index contributed by atoms with van der Waals surface area (Å²) in [5.74, 6) is -5.51. The van der Waals surface area contributed by atoms with Crippen molar-refractivity contribution < 1.29 is 54.8 Å². The highest BCUT2D eigenvalue weighted by Crippen LogP contribution is 2.52. The molecule has 5 aromatic rings. The number of hydrogen-bond donors (Lipinski definition) is 8. The van der Waals surface area contributed by atoms with Crippen LogP contribution in [0.5, 0.6) is 51.7 Å². The number of ketones is 1. The molecule has 6 rings (SSSR count). The Bertz CT molecular complexity index is 2020. The lowest BCUT2D eigenvalue weighted by molar-refractivity contribution is 0.0845. The molecule has 1 aromatic heterocycles. The third kappa shape index (κ3) is 4.01. The van der Waals surface area contributed by atoms with Crippen LogP contribution in [0.3, 0.4) is 0 Å². The van der Waals surface area contributed by atoms with E-state index in [1.165, 1.54) is 18.2 Å². The molecule has 0 aliphatic carbocycles. The van der Waals surface area contributed by atoms with Gasteiger partial charge in [-0.3, -0.25) is 9.59 Å². The lowest BCUT2D eigenvalue weighted by Crippen LogP contribution is -2.21. The Hall–Kier alpha value is -6.04. The summed E-state index contributed by atoms with van der Waals surface area (Å²) in [6.45, 7) is 0. The number of Topliss-reactive ketones (excluding diaryl/α,β-unsaturated/α-hetero) is 1. The molecule has 2 heterocycles. The molecule has 0 fully saturated rings. The fraction of sp³-hybridized carbons (Fsp3) is 0.0667. The third-order valence-electron chi connectivity index (χ3n) is 7.00. The van der Waals surface area contributed by atoms with Gasteiger partial charge in [0.15, 0.2) is 34.2 Å². The van der Waals surface area contributed by atoms with Gasteiger partial charge in [0, 0.05) is 41.0 Å². The van der Waals surface area contributed by atoms with Crippen LogP contribution in [-0.2, 0) is 0 Å². The summed E-state index contributed by atoms with van der Waals surface area (Å²) in [5.41, 5.74) is -1.83. The first-order chi connectivity index (χ1) is 19.9. The van der Waals surface area contributed by atoms with Crippen molar-refractivity contribution in [1.29, 1.82) is 0 Å². The van der Waals surface area contributed by atoms with Crippen LogP contribution in [0.25, 0.3) is 33.4 Å². The van der Waals surface area contributed by atoms with Gasteiger partial charge >= 0.3 is 0 Å². The minimum atomic E-state index is -1.19. The molecule has 0 bridgehead atoms. The summed E-state index contributed by atoms with van der Waals surface area (Å²) in [6, 6.07) is 10.2. The van der Waals surface area contributed by atoms with E-state index >= 15 is 0 Å². The first-order valence-corrected chi connectivity index (χ1v) is 12.3. The van der Waals surface area contributed by atoms with Crippen molar-refractivity contribution in [2.75, 3.05) is 0 Å². The molecular formula is C30H20O12. The third-order valence-corrected chi connectivity index (χ3v) is 7.00. The topological polar surface area (TPSA) is 218 Å². The number of aromatic hydroxyl groups is 8. The smallest absolute Gasteiger partial charge is 0.197 e. The standard InChI is InChI=1S/C30H20O12/c31-12-6-17(35)26-18(36)9-22(42-23(26)7-12)13-2-4-15(33)29(39)25(13)28-20(38)10-24-27(30(28)40)19(37)8-21(41-24)11-1-3-14(32)16(34)5-11/h1-8,10,22,31-35,38-40H,9H2/t22-/m1/s1. The Labute approximate surface area is 234 Å². The second kappa shape index (κ2) is 9.27. The normalized spacial score (nSPS) is 14.5. The van der Waals surface area contributed by atoms with Crippen LogP contribution < -0.4 is 10.2 Å². The summed E-state index contributed by atoms with van der Waals surface area (Å²) in [4.78, 5) is 26.1. The summed E-state index contributed by atoms with van der Waals surface area (Å²) < 4.78 is 11.6. The van der Waals surface area contributed by atoms with E-state index in [1.807, 2.05) is 0 Å². The predicted octanol–water partition coefficient (Wildman–Crippen LogP) is 4.48. The van der Waals surface area contributed by atoms with Gasteiger partial charge in [-0.25, -0.2) is 0 Å². The predicted molar refractivity (Wildman–Crippen MR) is 145 cm³/mol. The molecule has 1 aliphatic heterocycles. The van der Waals surface area contributed by atoms with Gasteiger partial charge in [0.25, 0.3) is 0 Å². The van der Waals surface area contributed by atoms with E-state index in [-0.39, 0.29) is 51.5 Å². The van der Waals surface area contributed by atoms with Crippen LogP contribution in [0.4, 0.5) is 0 Å². The molecule has 8 N–H and O–H groups in total. The zero-order chi connectivity index (χ0) is 30.0. The summed E-state index contributed by atoms with van der Waals surface area (Å²) in [7, 11) is 0. The lowest BCUT2D eigenvalue weighted by atomic mass is 9.88. The Kier molecular flexibility index (Phi) is 5.78. The highest BCUT2D eigenvalue weighted by Gasteiger charge is 2.35. The first-order valence-electron chi connectivity index (χ1n) is 12.3. The van der Waals surface area contributed by atoms with Crippen LogP contribution in [0.1, 0.15) is 28.4 Å². The maximum absolute atomic E-state index is 13.2. The fourth-order valence-corrected chi connectivity index (χ4v) is 5.08. The maximum atomic E-state index is 13.2. The van der Waals surface area contributed by atoms with E-state index in [4.69, 9.17) is 9.15 Å². The van der Waals surface area contributed by atoms with Crippen molar-refractivity contribution in [3.8, 4) is 74.2 Å². The SMILES string of the molecule is O=C1C[C@H](c2ccc(O)c(O)c2-c2c(O)cc3oc(-c4ccc(O)c(O)c4)cc(=O)c3c2O)Oc2cc(O)cc(O)c21. The number of fused-ring (bicyclic) bond motifs is 2. The Morgan fingerprint density at radius 3 is 2.10 bits per heavy atom. The Morgan fingerprint density at radius 2 is 1.36 bits per heavy atom. The van der Waals surface area contributed by atoms with E-state index in [9.17, 15) is 50.4 Å². The van der Waals surface area contributed by atoms with Crippen LogP contribution in [-0.4, -0.2) is 46.6 Å². The molecule has 0 unspecified atom stereocenters. The zero-order valence-corrected chi connectivity index (χ0v) is 21.2. The van der Waals surface area contributed by atoms with Crippen molar-refractivity contribution in [3.05, 3.63) is 75.9 Å². The number of rotatable bonds is 3. The summed E-state index contributed by atoms with van der Waals surface area (Å²) >= 11 is 0. The minimum absolute atomic E-state index is 0.0117.